The molecule has 110 valence electrons. The van der Waals surface area contributed by atoms with Gasteiger partial charge in [0.1, 0.15) is 15.8 Å². The number of sulfone groups is 1. The molecule has 19 heavy (non-hydrogen) atoms. The first-order chi connectivity index (χ1) is 8.70. The molecule has 1 saturated heterocycles. The van der Waals surface area contributed by atoms with Crippen molar-refractivity contribution in [2.24, 2.45) is 5.92 Å². The summed E-state index contributed by atoms with van der Waals surface area (Å²) in [6.07, 6.45) is 1.09. The van der Waals surface area contributed by atoms with Crippen molar-refractivity contribution < 1.29 is 27.9 Å². The van der Waals surface area contributed by atoms with Gasteiger partial charge in [0.2, 0.25) is 0 Å². The number of nitrogens with one attached hydrogen (secondary N) is 1. The lowest BCUT2D eigenvalue weighted by Crippen LogP contribution is -2.48. The van der Waals surface area contributed by atoms with Crippen molar-refractivity contribution in [1.82, 2.24) is 10.2 Å². The summed E-state index contributed by atoms with van der Waals surface area (Å²) >= 11 is 0. The minimum absolute atomic E-state index is 0.0516. The van der Waals surface area contributed by atoms with E-state index >= 15 is 0 Å². The van der Waals surface area contributed by atoms with E-state index < -0.39 is 33.8 Å². The molecule has 1 aliphatic heterocycles. The lowest BCUT2D eigenvalue weighted by Gasteiger charge is -2.21. The van der Waals surface area contributed by atoms with E-state index in [2.05, 4.69) is 5.32 Å². The molecule has 2 unspecified atom stereocenters. The monoisotopic (exact) mass is 294 g/mol. The smallest absolute Gasteiger partial charge is 0.317 e. The number of carbonyl (C=O) groups is 2. The minimum atomic E-state index is -3.14. The van der Waals surface area contributed by atoms with Crippen LogP contribution in [0, 0.1) is 5.92 Å². The van der Waals surface area contributed by atoms with Gasteiger partial charge in [-0.05, 0) is 0 Å². The highest BCUT2D eigenvalue weighted by molar-refractivity contribution is 7.90. The van der Waals surface area contributed by atoms with E-state index in [1.165, 1.54) is 11.9 Å². The highest BCUT2D eigenvalue weighted by Gasteiger charge is 2.35. The summed E-state index contributed by atoms with van der Waals surface area (Å²) in [7, 11) is -1.69. The molecule has 1 rings (SSSR count). The molecule has 0 aromatic carbocycles. The van der Waals surface area contributed by atoms with Crippen LogP contribution in [-0.4, -0.2) is 75.3 Å². The lowest BCUT2D eigenvalue weighted by atomic mass is 10.0. The van der Waals surface area contributed by atoms with Crippen molar-refractivity contribution in [2.45, 2.75) is 6.04 Å². The molecule has 0 aliphatic carbocycles. The molecule has 1 heterocycles. The van der Waals surface area contributed by atoms with Crippen LogP contribution < -0.4 is 5.32 Å². The van der Waals surface area contributed by atoms with Crippen molar-refractivity contribution in [2.75, 3.05) is 38.8 Å². The summed E-state index contributed by atoms with van der Waals surface area (Å²) in [4.78, 5) is 23.9. The summed E-state index contributed by atoms with van der Waals surface area (Å²) < 4.78 is 27.0. The minimum Gasteiger partial charge on any atom is -0.481 e. The summed E-state index contributed by atoms with van der Waals surface area (Å²) in [6.45, 7) is 0.256. The van der Waals surface area contributed by atoms with Gasteiger partial charge in [-0.25, -0.2) is 13.2 Å². The molecule has 9 heteroatoms. The van der Waals surface area contributed by atoms with Crippen LogP contribution in [0.4, 0.5) is 4.79 Å². The topological polar surface area (TPSA) is 113 Å². The average molecular weight is 294 g/mol. The van der Waals surface area contributed by atoms with Crippen LogP contribution in [0.15, 0.2) is 0 Å². The highest BCUT2D eigenvalue weighted by Crippen LogP contribution is 2.14. The summed E-state index contributed by atoms with van der Waals surface area (Å²) in [5, 5.41) is 11.5. The Labute approximate surface area is 111 Å². The summed E-state index contributed by atoms with van der Waals surface area (Å²) in [5.41, 5.74) is 0. The Kier molecular flexibility index (Phi) is 5.12. The normalized spacial score (nSPS) is 23.1. The van der Waals surface area contributed by atoms with E-state index in [4.69, 9.17) is 9.84 Å². The number of urea groups is 1. The van der Waals surface area contributed by atoms with Crippen LogP contribution in [0.25, 0.3) is 0 Å². The Balaban J connectivity index is 2.48. The second-order valence-electron chi connectivity index (χ2n) is 4.59. The maximum Gasteiger partial charge on any atom is 0.317 e. The van der Waals surface area contributed by atoms with Gasteiger partial charge in [-0.3, -0.25) is 4.79 Å². The van der Waals surface area contributed by atoms with Crippen molar-refractivity contribution in [3.05, 3.63) is 0 Å². The fraction of sp³-hybridized carbons (Fsp3) is 0.800. The predicted molar refractivity (Wildman–Crippen MR) is 66.6 cm³/mol. The van der Waals surface area contributed by atoms with Crippen LogP contribution in [0.3, 0.4) is 0 Å². The number of amides is 2. The van der Waals surface area contributed by atoms with Gasteiger partial charge in [-0.1, -0.05) is 0 Å². The van der Waals surface area contributed by atoms with Crippen molar-refractivity contribution in [3.8, 4) is 0 Å². The fourth-order valence-corrected chi connectivity index (χ4v) is 2.22. The van der Waals surface area contributed by atoms with Crippen molar-refractivity contribution in [3.63, 3.8) is 0 Å². The Morgan fingerprint density at radius 3 is 2.58 bits per heavy atom. The van der Waals surface area contributed by atoms with Gasteiger partial charge < -0.3 is 20.1 Å². The molecule has 2 atom stereocenters. The number of hydrogen-bond acceptors (Lipinski definition) is 5. The number of ether oxygens (including phenoxy) is 1. The van der Waals surface area contributed by atoms with Gasteiger partial charge in [0.15, 0.2) is 0 Å². The molecule has 1 aliphatic rings. The third-order valence-electron chi connectivity index (χ3n) is 2.85. The van der Waals surface area contributed by atoms with Crippen LogP contribution in [-0.2, 0) is 19.4 Å². The average Bonchev–Trinajstić information content (AvgIpc) is 2.72. The number of hydrogen-bond donors (Lipinski definition) is 2. The fourth-order valence-electron chi connectivity index (χ4n) is 1.61. The zero-order chi connectivity index (χ0) is 14.6. The van der Waals surface area contributed by atoms with Crippen LogP contribution in [0.5, 0.6) is 0 Å². The third kappa shape index (κ3) is 5.03. The Morgan fingerprint density at radius 2 is 2.05 bits per heavy atom. The zero-order valence-corrected chi connectivity index (χ0v) is 11.6. The molecular formula is C10H18N2O6S. The number of carboxylic acids is 1. The van der Waals surface area contributed by atoms with Gasteiger partial charge in [0.25, 0.3) is 0 Å². The third-order valence-corrected chi connectivity index (χ3v) is 3.77. The Bertz CT molecular complexity index is 449. The maximum absolute atomic E-state index is 11.8. The number of carbonyl (C=O) groups excluding carboxylic acids is 1. The Hall–Kier alpha value is -1.35. The lowest BCUT2D eigenvalue weighted by molar-refractivity contribution is -0.142. The quantitative estimate of drug-likeness (QED) is 0.656. The SMILES string of the molecule is CN(CCS(C)(=O)=O)C(=O)NC1COCC1C(=O)O. The molecule has 0 aromatic rings. The summed E-state index contributed by atoms with van der Waals surface area (Å²) in [5.74, 6) is -1.94. The molecule has 0 radical (unpaired) electrons. The molecule has 0 spiro atoms. The van der Waals surface area contributed by atoms with Gasteiger partial charge in [-0.15, -0.1) is 0 Å². The van der Waals surface area contributed by atoms with Gasteiger partial charge >= 0.3 is 12.0 Å². The largest absolute Gasteiger partial charge is 0.481 e. The standard InChI is InChI=1S/C10H18N2O6S/c1-12(3-4-19(2,16)17)10(15)11-8-6-18-5-7(8)9(13)14/h7-8H,3-6H2,1-2H3,(H,11,15)(H,13,14). The molecular weight excluding hydrogens is 276 g/mol. The van der Waals surface area contributed by atoms with Gasteiger partial charge in [0.05, 0.1) is 25.0 Å². The second kappa shape index (κ2) is 6.20. The van der Waals surface area contributed by atoms with E-state index in [0.717, 1.165) is 6.26 Å². The summed E-state index contributed by atoms with van der Waals surface area (Å²) in [6, 6.07) is -1.10. The molecule has 8 nitrogen and oxygen atoms in total. The first-order valence-electron chi connectivity index (χ1n) is 5.70. The van der Waals surface area contributed by atoms with Crippen LogP contribution in [0.1, 0.15) is 0 Å². The number of aliphatic carboxylic acids is 1. The van der Waals surface area contributed by atoms with Gasteiger partial charge in [0, 0.05) is 19.8 Å². The van der Waals surface area contributed by atoms with E-state index in [9.17, 15) is 18.0 Å². The molecule has 1 fully saturated rings. The van der Waals surface area contributed by atoms with Crippen LogP contribution >= 0.6 is 0 Å². The highest BCUT2D eigenvalue weighted by atomic mass is 32.2. The molecule has 2 amide bonds. The molecule has 0 saturated carbocycles. The van der Waals surface area contributed by atoms with E-state index in [-0.39, 0.29) is 25.5 Å². The van der Waals surface area contributed by atoms with E-state index in [1.54, 1.807) is 0 Å². The number of nitrogens with zero attached hydrogens (tertiary/aromatic N) is 1. The zero-order valence-electron chi connectivity index (χ0n) is 10.8. The van der Waals surface area contributed by atoms with E-state index in [0.29, 0.717) is 0 Å². The molecule has 0 aromatic heterocycles. The maximum atomic E-state index is 11.8. The predicted octanol–water partition coefficient (Wildman–Crippen LogP) is -1.23. The Morgan fingerprint density at radius 1 is 1.42 bits per heavy atom. The number of carboxylic acid groups (broad SMARTS) is 1. The van der Waals surface area contributed by atoms with Gasteiger partial charge in [-0.2, -0.15) is 0 Å². The van der Waals surface area contributed by atoms with Crippen molar-refractivity contribution in [1.29, 1.82) is 0 Å². The van der Waals surface area contributed by atoms with Crippen molar-refractivity contribution >= 4 is 21.8 Å². The first-order valence-corrected chi connectivity index (χ1v) is 7.76. The van der Waals surface area contributed by atoms with E-state index in [1.807, 2.05) is 0 Å². The van der Waals surface area contributed by atoms with Crippen LogP contribution in [0.2, 0.25) is 0 Å². The molecule has 2 N–H and O–H groups in total. The molecule has 0 bridgehead atoms. The second-order valence-corrected chi connectivity index (χ2v) is 6.85. The first kappa shape index (κ1) is 15.7. The number of rotatable bonds is 5.